The molecule has 6 nitrogen and oxygen atoms in total. The van der Waals surface area contributed by atoms with E-state index in [-0.39, 0.29) is 11.7 Å². The maximum atomic E-state index is 12.1. The van der Waals surface area contributed by atoms with Gasteiger partial charge in [0.25, 0.3) is 5.91 Å². The third kappa shape index (κ3) is 5.64. The number of amides is 2. The van der Waals surface area contributed by atoms with Crippen molar-refractivity contribution in [2.24, 2.45) is 11.7 Å². The third-order valence-electron chi connectivity index (χ3n) is 2.71. The summed E-state index contributed by atoms with van der Waals surface area (Å²) in [6.07, 6.45) is 0.463. The average Bonchev–Trinajstić information content (AvgIpc) is 2.36. The van der Waals surface area contributed by atoms with Crippen LogP contribution < -0.4 is 15.8 Å². The second kappa shape index (κ2) is 7.42. The van der Waals surface area contributed by atoms with Gasteiger partial charge in [0.05, 0.1) is 0 Å². The zero-order valence-electron chi connectivity index (χ0n) is 12.4. The molecule has 0 saturated carbocycles. The molecule has 1 rings (SSSR count). The molecule has 0 unspecified atom stereocenters. The SMILES string of the molecule is CC(=O)Oc1cccc(C(=O)N[C@H](CC(C)C)C(N)=O)c1. The van der Waals surface area contributed by atoms with Crippen molar-refractivity contribution in [1.82, 2.24) is 5.32 Å². The summed E-state index contributed by atoms with van der Waals surface area (Å²) in [5.41, 5.74) is 5.58. The molecule has 0 heterocycles. The van der Waals surface area contributed by atoms with E-state index in [1.807, 2.05) is 13.8 Å². The zero-order chi connectivity index (χ0) is 16.0. The van der Waals surface area contributed by atoms with Gasteiger partial charge in [0.1, 0.15) is 11.8 Å². The van der Waals surface area contributed by atoms with Crippen LogP contribution in [0.1, 0.15) is 37.6 Å². The average molecular weight is 292 g/mol. The maximum Gasteiger partial charge on any atom is 0.308 e. The highest BCUT2D eigenvalue weighted by atomic mass is 16.5. The van der Waals surface area contributed by atoms with Crippen molar-refractivity contribution < 1.29 is 19.1 Å². The van der Waals surface area contributed by atoms with Crippen molar-refractivity contribution in [3.8, 4) is 5.75 Å². The number of primary amides is 1. The van der Waals surface area contributed by atoms with E-state index in [2.05, 4.69) is 5.32 Å². The lowest BCUT2D eigenvalue weighted by molar-refractivity contribution is -0.131. The maximum absolute atomic E-state index is 12.1. The third-order valence-corrected chi connectivity index (χ3v) is 2.71. The molecule has 0 aromatic heterocycles. The Morgan fingerprint density at radius 1 is 1.29 bits per heavy atom. The van der Waals surface area contributed by atoms with Gasteiger partial charge in [0, 0.05) is 12.5 Å². The van der Waals surface area contributed by atoms with E-state index in [1.54, 1.807) is 18.2 Å². The molecule has 114 valence electrons. The van der Waals surface area contributed by atoms with E-state index in [1.165, 1.54) is 13.0 Å². The van der Waals surface area contributed by atoms with E-state index >= 15 is 0 Å². The highest BCUT2D eigenvalue weighted by Gasteiger charge is 2.20. The molecule has 1 atom stereocenters. The van der Waals surface area contributed by atoms with Crippen LogP contribution in [0.2, 0.25) is 0 Å². The molecule has 0 fully saturated rings. The van der Waals surface area contributed by atoms with Gasteiger partial charge in [-0.1, -0.05) is 19.9 Å². The van der Waals surface area contributed by atoms with Gasteiger partial charge in [-0.05, 0) is 30.5 Å². The van der Waals surface area contributed by atoms with Crippen molar-refractivity contribution in [3.63, 3.8) is 0 Å². The van der Waals surface area contributed by atoms with Crippen LogP contribution in [0.5, 0.6) is 5.75 Å². The number of carbonyl (C=O) groups excluding carboxylic acids is 3. The fraction of sp³-hybridized carbons (Fsp3) is 0.400. The second-order valence-corrected chi connectivity index (χ2v) is 5.18. The summed E-state index contributed by atoms with van der Waals surface area (Å²) in [6.45, 7) is 5.14. The fourth-order valence-corrected chi connectivity index (χ4v) is 1.83. The Balaban J connectivity index is 2.82. The van der Waals surface area contributed by atoms with Crippen molar-refractivity contribution in [2.75, 3.05) is 0 Å². The molecule has 1 aromatic rings. The molecule has 0 spiro atoms. The molecule has 1 aromatic carbocycles. The summed E-state index contributed by atoms with van der Waals surface area (Å²) >= 11 is 0. The predicted octanol–water partition coefficient (Wildman–Crippen LogP) is 1.24. The fourth-order valence-electron chi connectivity index (χ4n) is 1.83. The van der Waals surface area contributed by atoms with Crippen LogP contribution in [0.3, 0.4) is 0 Å². The molecule has 2 amide bonds. The molecular weight excluding hydrogens is 272 g/mol. The number of hydrogen-bond acceptors (Lipinski definition) is 4. The smallest absolute Gasteiger partial charge is 0.308 e. The lowest BCUT2D eigenvalue weighted by Crippen LogP contribution is -2.45. The van der Waals surface area contributed by atoms with Gasteiger partial charge in [0.2, 0.25) is 5.91 Å². The molecule has 3 N–H and O–H groups in total. The van der Waals surface area contributed by atoms with Gasteiger partial charge in [-0.15, -0.1) is 0 Å². The van der Waals surface area contributed by atoms with Crippen LogP contribution in [0, 0.1) is 5.92 Å². The highest BCUT2D eigenvalue weighted by Crippen LogP contribution is 2.14. The molecule has 0 saturated heterocycles. The van der Waals surface area contributed by atoms with E-state index in [0.29, 0.717) is 12.0 Å². The van der Waals surface area contributed by atoms with E-state index in [9.17, 15) is 14.4 Å². The number of nitrogens with one attached hydrogen (secondary N) is 1. The molecule has 21 heavy (non-hydrogen) atoms. The first-order valence-corrected chi connectivity index (χ1v) is 6.68. The summed E-state index contributed by atoms with van der Waals surface area (Å²) in [4.78, 5) is 34.4. The van der Waals surface area contributed by atoms with Crippen molar-refractivity contribution in [3.05, 3.63) is 29.8 Å². The molecule has 6 heteroatoms. The van der Waals surface area contributed by atoms with Gasteiger partial charge in [0.15, 0.2) is 0 Å². The largest absolute Gasteiger partial charge is 0.427 e. The van der Waals surface area contributed by atoms with Crippen molar-refractivity contribution in [1.29, 1.82) is 0 Å². The van der Waals surface area contributed by atoms with E-state index < -0.39 is 23.8 Å². The minimum absolute atomic E-state index is 0.218. The molecule has 0 aliphatic heterocycles. The number of benzene rings is 1. The Kier molecular flexibility index (Phi) is 5.90. The van der Waals surface area contributed by atoms with Gasteiger partial charge < -0.3 is 15.8 Å². The van der Waals surface area contributed by atoms with E-state index in [0.717, 1.165) is 0 Å². The first kappa shape index (κ1) is 16.7. The van der Waals surface area contributed by atoms with Crippen molar-refractivity contribution >= 4 is 17.8 Å². The van der Waals surface area contributed by atoms with Crippen LogP contribution in [0.15, 0.2) is 24.3 Å². The monoisotopic (exact) mass is 292 g/mol. The minimum atomic E-state index is -0.727. The van der Waals surface area contributed by atoms with Gasteiger partial charge in [-0.3, -0.25) is 14.4 Å². The van der Waals surface area contributed by atoms with Crippen LogP contribution in [-0.4, -0.2) is 23.8 Å². The molecular formula is C15H20N2O4. The number of rotatable bonds is 6. The molecule has 0 aliphatic rings. The molecule has 0 aliphatic carbocycles. The summed E-state index contributed by atoms with van der Waals surface area (Å²) in [5, 5.41) is 2.59. The number of esters is 1. The Bertz CT molecular complexity index is 540. The normalized spacial score (nSPS) is 11.8. The van der Waals surface area contributed by atoms with Gasteiger partial charge in [-0.2, -0.15) is 0 Å². The number of nitrogens with two attached hydrogens (primary N) is 1. The summed E-state index contributed by atoms with van der Waals surface area (Å²) in [6, 6.07) is 5.43. The van der Waals surface area contributed by atoms with Crippen LogP contribution in [-0.2, 0) is 9.59 Å². The van der Waals surface area contributed by atoms with Gasteiger partial charge in [-0.25, -0.2) is 0 Å². The lowest BCUT2D eigenvalue weighted by atomic mass is 10.0. The number of hydrogen-bond donors (Lipinski definition) is 2. The standard InChI is InChI=1S/C15H20N2O4/c1-9(2)7-13(14(16)19)17-15(20)11-5-4-6-12(8-11)21-10(3)18/h4-6,8-9,13H,7H2,1-3H3,(H2,16,19)(H,17,20)/t13-/m1/s1. The summed E-state index contributed by atoms with van der Waals surface area (Å²) < 4.78 is 4.91. The Hall–Kier alpha value is -2.37. The Morgan fingerprint density at radius 2 is 1.95 bits per heavy atom. The lowest BCUT2D eigenvalue weighted by Gasteiger charge is -2.17. The number of ether oxygens (including phenoxy) is 1. The molecule has 0 radical (unpaired) electrons. The Morgan fingerprint density at radius 3 is 2.48 bits per heavy atom. The summed E-state index contributed by atoms with van der Waals surface area (Å²) in [7, 11) is 0. The summed E-state index contributed by atoms with van der Waals surface area (Å²) in [5.74, 6) is -0.992. The van der Waals surface area contributed by atoms with Crippen LogP contribution >= 0.6 is 0 Å². The quantitative estimate of drug-likeness (QED) is 0.608. The minimum Gasteiger partial charge on any atom is -0.427 e. The predicted molar refractivity (Wildman–Crippen MR) is 77.7 cm³/mol. The first-order chi connectivity index (χ1) is 9.79. The van der Waals surface area contributed by atoms with Crippen molar-refractivity contribution in [2.45, 2.75) is 33.2 Å². The topological polar surface area (TPSA) is 98.5 Å². The second-order valence-electron chi connectivity index (χ2n) is 5.18. The van der Waals surface area contributed by atoms with E-state index in [4.69, 9.17) is 10.5 Å². The zero-order valence-corrected chi connectivity index (χ0v) is 12.4. The Labute approximate surface area is 123 Å². The van der Waals surface area contributed by atoms with Crippen LogP contribution in [0.4, 0.5) is 0 Å². The van der Waals surface area contributed by atoms with Crippen LogP contribution in [0.25, 0.3) is 0 Å². The number of carbonyl (C=O) groups is 3. The van der Waals surface area contributed by atoms with Gasteiger partial charge >= 0.3 is 5.97 Å². The first-order valence-electron chi connectivity index (χ1n) is 6.68. The highest BCUT2D eigenvalue weighted by molar-refractivity contribution is 5.97. The molecule has 0 bridgehead atoms.